The van der Waals surface area contributed by atoms with Gasteiger partial charge in [0.05, 0.1) is 0 Å². The monoisotopic (exact) mass is 173 g/mol. The van der Waals surface area contributed by atoms with Gasteiger partial charge < -0.3 is 4.85 Å². The van der Waals surface area contributed by atoms with Crippen molar-refractivity contribution in [3.8, 4) is 0 Å². The summed E-state index contributed by atoms with van der Waals surface area (Å²) in [7, 11) is 0. The fourth-order valence-corrected chi connectivity index (χ4v) is 1.64. The van der Waals surface area contributed by atoms with Gasteiger partial charge in [0.25, 0.3) is 0 Å². The minimum absolute atomic E-state index is 0.0235. The van der Waals surface area contributed by atoms with Crippen molar-refractivity contribution in [1.29, 1.82) is 0 Å². The van der Waals surface area contributed by atoms with Crippen molar-refractivity contribution in [2.24, 2.45) is 5.92 Å². The van der Waals surface area contributed by atoms with Gasteiger partial charge in [-0.15, -0.1) is 0 Å². The van der Waals surface area contributed by atoms with Crippen molar-refractivity contribution in [3.05, 3.63) is 11.4 Å². The standard InChI is InChI=1S/C9H13F2N/c1-12-7-4-8-2-5-9(10,11)6-3-8/h8H,2-7H2. The summed E-state index contributed by atoms with van der Waals surface area (Å²) in [5.41, 5.74) is 0. The zero-order valence-corrected chi connectivity index (χ0v) is 7.02. The Bertz CT molecular complexity index is 173. The van der Waals surface area contributed by atoms with Crippen LogP contribution in [0.1, 0.15) is 32.1 Å². The van der Waals surface area contributed by atoms with Crippen LogP contribution in [0.25, 0.3) is 4.85 Å². The number of halogens is 2. The maximum absolute atomic E-state index is 12.6. The predicted octanol–water partition coefficient (Wildman–Crippen LogP) is 3.12. The molecule has 0 bridgehead atoms. The summed E-state index contributed by atoms with van der Waals surface area (Å²) in [4.78, 5) is 3.23. The molecule has 0 spiro atoms. The highest BCUT2D eigenvalue weighted by molar-refractivity contribution is 4.78. The Labute approximate surface area is 71.6 Å². The summed E-state index contributed by atoms with van der Waals surface area (Å²) in [6.45, 7) is 7.07. The van der Waals surface area contributed by atoms with E-state index in [4.69, 9.17) is 6.57 Å². The molecule has 0 unspecified atom stereocenters. The van der Waals surface area contributed by atoms with Gasteiger partial charge in [-0.25, -0.2) is 15.4 Å². The number of hydrogen-bond donors (Lipinski definition) is 0. The summed E-state index contributed by atoms with van der Waals surface area (Å²) < 4.78 is 25.3. The van der Waals surface area contributed by atoms with Crippen LogP contribution in [0.3, 0.4) is 0 Å². The molecule has 1 saturated carbocycles. The van der Waals surface area contributed by atoms with Crippen molar-refractivity contribution in [2.45, 2.75) is 38.0 Å². The molecule has 1 aliphatic rings. The first-order chi connectivity index (χ1) is 5.64. The van der Waals surface area contributed by atoms with Crippen LogP contribution in [0.15, 0.2) is 0 Å². The number of hydrogen-bond acceptors (Lipinski definition) is 0. The van der Waals surface area contributed by atoms with Crippen LogP contribution in [0, 0.1) is 12.5 Å². The topological polar surface area (TPSA) is 4.36 Å². The molecule has 1 fully saturated rings. The van der Waals surface area contributed by atoms with Crippen LogP contribution in [-0.4, -0.2) is 12.5 Å². The zero-order chi connectivity index (χ0) is 9.03. The van der Waals surface area contributed by atoms with Gasteiger partial charge in [0, 0.05) is 19.3 Å². The van der Waals surface area contributed by atoms with Gasteiger partial charge in [0.1, 0.15) is 0 Å². The van der Waals surface area contributed by atoms with E-state index in [0.717, 1.165) is 6.42 Å². The second-order valence-corrected chi connectivity index (χ2v) is 3.47. The Hall–Kier alpha value is -0.650. The van der Waals surface area contributed by atoms with Gasteiger partial charge in [0.15, 0.2) is 0 Å². The molecule has 1 nitrogen and oxygen atoms in total. The lowest BCUT2D eigenvalue weighted by molar-refractivity contribution is -0.0460. The molecule has 1 rings (SSSR count). The van der Waals surface area contributed by atoms with Gasteiger partial charge in [-0.2, -0.15) is 0 Å². The van der Waals surface area contributed by atoms with E-state index in [2.05, 4.69) is 4.85 Å². The lowest BCUT2D eigenvalue weighted by Crippen LogP contribution is -2.24. The largest absolute Gasteiger partial charge is 0.317 e. The second-order valence-electron chi connectivity index (χ2n) is 3.47. The number of nitrogens with zero attached hydrogens (tertiary/aromatic N) is 1. The third-order valence-electron chi connectivity index (χ3n) is 2.49. The third-order valence-corrected chi connectivity index (χ3v) is 2.49. The van der Waals surface area contributed by atoms with Gasteiger partial charge in [-0.1, -0.05) is 0 Å². The molecule has 0 N–H and O–H groups in total. The number of rotatable bonds is 2. The summed E-state index contributed by atoms with van der Waals surface area (Å²) in [5, 5.41) is 0. The molecule has 12 heavy (non-hydrogen) atoms. The van der Waals surface area contributed by atoms with Crippen molar-refractivity contribution in [2.75, 3.05) is 6.54 Å². The third kappa shape index (κ3) is 2.77. The van der Waals surface area contributed by atoms with Gasteiger partial charge >= 0.3 is 0 Å². The molecule has 0 aromatic heterocycles. The molecule has 0 aromatic carbocycles. The molecule has 1 aliphatic carbocycles. The number of alkyl halides is 2. The maximum Gasteiger partial charge on any atom is 0.248 e. The molecule has 0 aliphatic heterocycles. The Morgan fingerprint density at radius 3 is 2.42 bits per heavy atom. The van der Waals surface area contributed by atoms with Crippen molar-refractivity contribution in [3.63, 3.8) is 0 Å². The Morgan fingerprint density at radius 2 is 1.92 bits per heavy atom. The van der Waals surface area contributed by atoms with E-state index in [1.807, 2.05) is 0 Å². The molecular formula is C9H13F2N. The van der Waals surface area contributed by atoms with Gasteiger partial charge in [0.2, 0.25) is 12.5 Å². The highest BCUT2D eigenvalue weighted by atomic mass is 19.3. The molecule has 0 radical (unpaired) electrons. The van der Waals surface area contributed by atoms with E-state index >= 15 is 0 Å². The first kappa shape index (κ1) is 9.44. The predicted molar refractivity (Wildman–Crippen MR) is 43.0 cm³/mol. The van der Waals surface area contributed by atoms with Crippen LogP contribution < -0.4 is 0 Å². The molecule has 0 saturated heterocycles. The maximum atomic E-state index is 12.6. The molecular weight excluding hydrogens is 160 g/mol. The minimum atomic E-state index is -2.42. The van der Waals surface area contributed by atoms with Crippen LogP contribution in [0.4, 0.5) is 8.78 Å². The first-order valence-corrected chi connectivity index (χ1v) is 4.35. The molecule has 3 heteroatoms. The van der Waals surface area contributed by atoms with E-state index in [-0.39, 0.29) is 12.8 Å². The lowest BCUT2D eigenvalue weighted by atomic mass is 9.85. The van der Waals surface area contributed by atoms with Crippen molar-refractivity contribution in [1.82, 2.24) is 0 Å². The fraction of sp³-hybridized carbons (Fsp3) is 0.889. The summed E-state index contributed by atoms with van der Waals surface area (Å²) in [6.07, 6.45) is 2.05. The smallest absolute Gasteiger partial charge is 0.248 e. The SMILES string of the molecule is [C-]#[N+]CCC1CCC(F)(F)CC1. The zero-order valence-electron chi connectivity index (χ0n) is 7.02. The molecule has 0 heterocycles. The summed E-state index contributed by atoms with van der Waals surface area (Å²) >= 11 is 0. The van der Waals surface area contributed by atoms with Crippen LogP contribution in [0.2, 0.25) is 0 Å². The molecule has 0 aromatic rings. The second kappa shape index (κ2) is 3.84. The highest BCUT2D eigenvalue weighted by Crippen LogP contribution is 2.37. The minimum Gasteiger partial charge on any atom is -0.317 e. The van der Waals surface area contributed by atoms with Crippen LogP contribution >= 0.6 is 0 Å². The Balaban J connectivity index is 2.23. The molecule has 0 atom stereocenters. The quantitative estimate of drug-likeness (QED) is 0.565. The van der Waals surface area contributed by atoms with E-state index in [1.165, 1.54) is 0 Å². The molecule has 0 amide bonds. The van der Waals surface area contributed by atoms with E-state index in [9.17, 15) is 8.78 Å². The summed E-state index contributed by atoms with van der Waals surface area (Å²) in [6, 6.07) is 0. The van der Waals surface area contributed by atoms with Crippen LogP contribution in [-0.2, 0) is 0 Å². The summed E-state index contributed by atoms with van der Waals surface area (Å²) in [5.74, 6) is -2.05. The first-order valence-electron chi connectivity index (χ1n) is 4.35. The van der Waals surface area contributed by atoms with Crippen molar-refractivity contribution < 1.29 is 8.78 Å². The highest BCUT2D eigenvalue weighted by Gasteiger charge is 2.34. The van der Waals surface area contributed by atoms with Crippen LogP contribution in [0.5, 0.6) is 0 Å². The fourth-order valence-electron chi connectivity index (χ4n) is 1.64. The Kier molecular flexibility index (Phi) is 3.02. The van der Waals surface area contributed by atoms with Gasteiger partial charge in [-0.3, -0.25) is 0 Å². The van der Waals surface area contributed by atoms with E-state index in [0.29, 0.717) is 25.3 Å². The van der Waals surface area contributed by atoms with E-state index in [1.54, 1.807) is 0 Å². The average Bonchev–Trinajstić information content (AvgIpc) is 2.03. The lowest BCUT2D eigenvalue weighted by Gasteiger charge is -2.26. The van der Waals surface area contributed by atoms with Crippen molar-refractivity contribution >= 4 is 0 Å². The Morgan fingerprint density at radius 1 is 1.33 bits per heavy atom. The average molecular weight is 173 g/mol. The molecule has 68 valence electrons. The van der Waals surface area contributed by atoms with Gasteiger partial charge in [-0.05, 0) is 18.8 Å². The normalized spacial score (nSPS) is 23.4. The van der Waals surface area contributed by atoms with E-state index < -0.39 is 5.92 Å².